The van der Waals surface area contributed by atoms with Crippen LogP contribution in [0.2, 0.25) is 0 Å². The molecule has 1 fully saturated rings. The number of anilines is 2. The van der Waals surface area contributed by atoms with Crippen LogP contribution in [0.25, 0.3) is 0 Å². The number of rotatable bonds is 6. The van der Waals surface area contributed by atoms with Gasteiger partial charge >= 0.3 is 0 Å². The van der Waals surface area contributed by atoms with Crippen molar-refractivity contribution in [2.75, 3.05) is 17.7 Å². The fraction of sp³-hybridized carbons (Fsp3) is 0.692. The summed E-state index contributed by atoms with van der Waals surface area (Å²) >= 11 is 0. The highest BCUT2D eigenvalue weighted by atomic mass is 16.5. The second-order valence-electron chi connectivity index (χ2n) is 4.73. The largest absolute Gasteiger partial charge is 0.383 e. The van der Waals surface area contributed by atoms with E-state index in [0.29, 0.717) is 18.0 Å². The van der Waals surface area contributed by atoms with E-state index in [1.165, 1.54) is 6.33 Å². The molecule has 0 aromatic carbocycles. The molecule has 0 unspecified atom stereocenters. The van der Waals surface area contributed by atoms with E-state index in [-0.39, 0.29) is 0 Å². The molecule has 1 aromatic heterocycles. The maximum absolute atomic E-state index is 5.90. The van der Waals surface area contributed by atoms with E-state index < -0.39 is 0 Å². The van der Waals surface area contributed by atoms with Crippen LogP contribution in [-0.4, -0.2) is 28.7 Å². The maximum atomic E-state index is 5.90. The van der Waals surface area contributed by atoms with Gasteiger partial charge in [0.25, 0.3) is 0 Å². The molecular formula is C13H22N4O. The van der Waals surface area contributed by atoms with Crippen molar-refractivity contribution in [1.29, 1.82) is 0 Å². The standard InChI is InChI=1S/C13H22N4O/c1-3-5-11-12(14)15-8-16-13(11)17-9-6-10(7-9)18-4-2/h8-10H,3-7H2,1-2H3,(H3,14,15,16,17). The lowest BCUT2D eigenvalue weighted by atomic mass is 9.89. The van der Waals surface area contributed by atoms with Crippen molar-refractivity contribution in [3.63, 3.8) is 0 Å². The van der Waals surface area contributed by atoms with Crippen LogP contribution < -0.4 is 11.1 Å². The molecule has 1 aromatic rings. The minimum atomic E-state index is 0.404. The average molecular weight is 250 g/mol. The Bertz CT molecular complexity index is 391. The van der Waals surface area contributed by atoms with Gasteiger partial charge in [-0.25, -0.2) is 9.97 Å². The summed E-state index contributed by atoms with van der Waals surface area (Å²) in [5, 5.41) is 3.45. The summed E-state index contributed by atoms with van der Waals surface area (Å²) in [5.74, 6) is 1.49. The smallest absolute Gasteiger partial charge is 0.134 e. The fourth-order valence-electron chi connectivity index (χ4n) is 2.30. The quantitative estimate of drug-likeness (QED) is 0.807. The van der Waals surface area contributed by atoms with Gasteiger partial charge < -0.3 is 15.8 Å². The molecular weight excluding hydrogens is 228 g/mol. The number of nitrogens with two attached hydrogens (primary N) is 1. The normalized spacial score (nSPS) is 22.6. The summed E-state index contributed by atoms with van der Waals surface area (Å²) in [6, 6.07) is 0.450. The molecule has 5 nitrogen and oxygen atoms in total. The Balaban J connectivity index is 1.95. The molecule has 18 heavy (non-hydrogen) atoms. The molecule has 1 saturated carbocycles. The molecule has 1 heterocycles. The lowest BCUT2D eigenvalue weighted by Crippen LogP contribution is -2.41. The molecule has 0 amide bonds. The van der Waals surface area contributed by atoms with Crippen molar-refractivity contribution >= 4 is 11.6 Å². The van der Waals surface area contributed by atoms with Crippen LogP contribution >= 0.6 is 0 Å². The topological polar surface area (TPSA) is 73.1 Å². The Labute approximate surface area is 108 Å². The highest BCUT2D eigenvalue weighted by Crippen LogP contribution is 2.28. The maximum Gasteiger partial charge on any atom is 0.134 e. The van der Waals surface area contributed by atoms with E-state index >= 15 is 0 Å². The van der Waals surface area contributed by atoms with Gasteiger partial charge in [0.1, 0.15) is 18.0 Å². The van der Waals surface area contributed by atoms with Gasteiger partial charge in [0.05, 0.1) is 6.10 Å². The van der Waals surface area contributed by atoms with Crippen LogP contribution in [0.5, 0.6) is 0 Å². The summed E-state index contributed by atoms with van der Waals surface area (Å²) in [6.07, 6.45) is 5.97. The predicted octanol–water partition coefficient (Wildman–Crippen LogP) is 1.99. The van der Waals surface area contributed by atoms with Crippen molar-refractivity contribution in [2.45, 2.75) is 51.7 Å². The van der Waals surface area contributed by atoms with Crippen molar-refractivity contribution in [1.82, 2.24) is 9.97 Å². The second-order valence-corrected chi connectivity index (χ2v) is 4.73. The van der Waals surface area contributed by atoms with Gasteiger partial charge in [-0.2, -0.15) is 0 Å². The summed E-state index contributed by atoms with van der Waals surface area (Å²) in [4.78, 5) is 8.36. The average Bonchev–Trinajstić information content (AvgIpc) is 2.31. The second kappa shape index (κ2) is 6.00. The molecule has 0 bridgehead atoms. The Morgan fingerprint density at radius 2 is 2.17 bits per heavy atom. The van der Waals surface area contributed by atoms with Crippen LogP contribution in [0, 0.1) is 0 Å². The number of aromatic nitrogens is 2. The first-order chi connectivity index (χ1) is 8.74. The molecule has 0 saturated heterocycles. The molecule has 1 aliphatic carbocycles. The van der Waals surface area contributed by atoms with E-state index in [1.54, 1.807) is 0 Å². The minimum Gasteiger partial charge on any atom is -0.383 e. The summed E-state index contributed by atoms with van der Waals surface area (Å²) in [5.41, 5.74) is 6.94. The highest BCUT2D eigenvalue weighted by Gasteiger charge is 2.30. The molecule has 5 heteroatoms. The first kappa shape index (κ1) is 13.1. The number of nitrogens with zero attached hydrogens (tertiary/aromatic N) is 2. The first-order valence-electron chi connectivity index (χ1n) is 6.72. The van der Waals surface area contributed by atoms with E-state index in [4.69, 9.17) is 10.5 Å². The van der Waals surface area contributed by atoms with Crippen LogP contribution in [0.15, 0.2) is 6.33 Å². The third-order valence-electron chi connectivity index (χ3n) is 3.32. The zero-order valence-corrected chi connectivity index (χ0v) is 11.1. The molecule has 0 radical (unpaired) electrons. The highest BCUT2D eigenvalue weighted by molar-refractivity contribution is 5.55. The Morgan fingerprint density at radius 1 is 1.39 bits per heavy atom. The molecule has 0 aliphatic heterocycles. The van der Waals surface area contributed by atoms with Gasteiger partial charge in [-0.15, -0.1) is 0 Å². The SMILES string of the molecule is CCCc1c(N)ncnc1NC1CC(OCC)C1. The number of hydrogen-bond donors (Lipinski definition) is 2. The van der Waals surface area contributed by atoms with Crippen molar-refractivity contribution in [2.24, 2.45) is 0 Å². The fourth-order valence-corrected chi connectivity index (χ4v) is 2.30. The van der Waals surface area contributed by atoms with Gasteiger partial charge in [-0.3, -0.25) is 0 Å². The third-order valence-corrected chi connectivity index (χ3v) is 3.32. The van der Waals surface area contributed by atoms with E-state index in [9.17, 15) is 0 Å². The molecule has 1 aliphatic rings. The lowest BCUT2D eigenvalue weighted by Gasteiger charge is -2.36. The van der Waals surface area contributed by atoms with Crippen molar-refractivity contribution in [3.05, 3.63) is 11.9 Å². The van der Waals surface area contributed by atoms with Crippen LogP contribution in [0.4, 0.5) is 11.6 Å². The van der Waals surface area contributed by atoms with E-state index in [0.717, 1.165) is 43.7 Å². The Kier molecular flexibility index (Phi) is 4.36. The first-order valence-corrected chi connectivity index (χ1v) is 6.72. The molecule has 100 valence electrons. The zero-order valence-electron chi connectivity index (χ0n) is 11.1. The zero-order chi connectivity index (χ0) is 13.0. The van der Waals surface area contributed by atoms with E-state index in [2.05, 4.69) is 22.2 Å². The van der Waals surface area contributed by atoms with Gasteiger partial charge in [0.15, 0.2) is 0 Å². The van der Waals surface area contributed by atoms with Gasteiger partial charge in [-0.1, -0.05) is 13.3 Å². The number of nitrogen functional groups attached to an aromatic ring is 1. The van der Waals surface area contributed by atoms with Gasteiger partial charge in [-0.05, 0) is 26.2 Å². The summed E-state index contributed by atoms with van der Waals surface area (Å²) in [7, 11) is 0. The molecule has 0 spiro atoms. The molecule has 3 N–H and O–H groups in total. The van der Waals surface area contributed by atoms with Crippen LogP contribution in [-0.2, 0) is 11.2 Å². The van der Waals surface area contributed by atoms with Gasteiger partial charge in [0, 0.05) is 18.2 Å². The number of nitrogens with one attached hydrogen (secondary N) is 1. The van der Waals surface area contributed by atoms with Crippen molar-refractivity contribution < 1.29 is 4.74 Å². The number of hydrogen-bond acceptors (Lipinski definition) is 5. The number of ether oxygens (including phenoxy) is 1. The Hall–Kier alpha value is -1.36. The predicted molar refractivity (Wildman–Crippen MR) is 72.5 cm³/mol. The Morgan fingerprint density at radius 3 is 2.83 bits per heavy atom. The lowest BCUT2D eigenvalue weighted by molar-refractivity contribution is 0.00291. The van der Waals surface area contributed by atoms with E-state index in [1.807, 2.05) is 6.92 Å². The van der Waals surface area contributed by atoms with Crippen LogP contribution in [0.1, 0.15) is 38.7 Å². The molecule has 2 rings (SSSR count). The third kappa shape index (κ3) is 2.90. The van der Waals surface area contributed by atoms with Crippen molar-refractivity contribution in [3.8, 4) is 0 Å². The summed E-state index contributed by atoms with van der Waals surface area (Å²) < 4.78 is 5.55. The minimum absolute atomic E-state index is 0.404. The monoisotopic (exact) mass is 250 g/mol. The molecule has 0 atom stereocenters. The van der Waals surface area contributed by atoms with Crippen LogP contribution in [0.3, 0.4) is 0 Å². The summed E-state index contributed by atoms with van der Waals surface area (Å²) in [6.45, 7) is 4.95. The van der Waals surface area contributed by atoms with Gasteiger partial charge in [0.2, 0.25) is 0 Å².